The van der Waals surface area contributed by atoms with E-state index in [1.165, 1.54) is 17.7 Å². The Kier molecular flexibility index (Phi) is 4.23. The number of nitrogens with zero attached hydrogens (tertiary/aromatic N) is 2. The van der Waals surface area contributed by atoms with Gasteiger partial charge in [-0.05, 0) is 35.2 Å². The van der Waals surface area contributed by atoms with Crippen LogP contribution in [0.3, 0.4) is 0 Å². The molecule has 2 aromatic heterocycles. The van der Waals surface area contributed by atoms with Crippen molar-refractivity contribution in [2.75, 3.05) is 0 Å². The monoisotopic (exact) mass is 345 g/mol. The van der Waals surface area contributed by atoms with Gasteiger partial charge in [-0.1, -0.05) is 36.4 Å². The summed E-state index contributed by atoms with van der Waals surface area (Å²) in [6.45, 7) is 0.478. The van der Waals surface area contributed by atoms with E-state index in [0.717, 1.165) is 31.8 Å². The lowest BCUT2D eigenvalue weighted by molar-refractivity contribution is 0.0955. The standard InChI is InChI=1S/C20H15N3OS/c24-20(19-11-16-5-1-2-7-18(16)25-19)22-12-14-4-3-6-15(10-14)17-8-9-21-13-23-17/h1-11,13H,12H2,(H,22,24). The molecule has 4 nitrogen and oxygen atoms in total. The van der Waals surface area contributed by atoms with Gasteiger partial charge in [0.2, 0.25) is 0 Å². The van der Waals surface area contributed by atoms with Crippen LogP contribution in [0.5, 0.6) is 0 Å². The Labute approximate surface area is 149 Å². The number of aromatic nitrogens is 2. The number of carbonyl (C=O) groups is 1. The summed E-state index contributed by atoms with van der Waals surface area (Å²) in [7, 11) is 0. The normalized spacial score (nSPS) is 10.7. The summed E-state index contributed by atoms with van der Waals surface area (Å²) in [5.41, 5.74) is 2.91. The molecule has 0 aliphatic rings. The molecule has 0 fully saturated rings. The molecule has 0 aliphatic heterocycles. The molecule has 1 N–H and O–H groups in total. The molecule has 0 radical (unpaired) electrons. The van der Waals surface area contributed by atoms with E-state index in [4.69, 9.17) is 0 Å². The number of carbonyl (C=O) groups excluding carboxylic acids is 1. The second-order valence-corrected chi connectivity index (χ2v) is 6.71. The second kappa shape index (κ2) is 6.83. The van der Waals surface area contributed by atoms with Gasteiger partial charge in [-0.15, -0.1) is 11.3 Å². The van der Waals surface area contributed by atoms with Crippen LogP contribution < -0.4 is 5.32 Å². The Bertz CT molecular complexity index is 994. The molecule has 2 aromatic carbocycles. The zero-order valence-corrected chi connectivity index (χ0v) is 14.2. The molecule has 122 valence electrons. The zero-order valence-electron chi connectivity index (χ0n) is 13.3. The van der Waals surface area contributed by atoms with Gasteiger partial charge in [-0.25, -0.2) is 9.97 Å². The van der Waals surface area contributed by atoms with Gasteiger partial charge in [0.1, 0.15) is 6.33 Å². The first kappa shape index (κ1) is 15.5. The Morgan fingerprint density at radius 2 is 1.96 bits per heavy atom. The highest BCUT2D eigenvalue weighted by Gasteiger charge is 2.10. The molecule has 0 unspecified atom stereocenters. The van der Waals surface area contributed by atoms with Crippen LogP contribution in [-0.2, 0) is 6.54 Å². The van der Waals surface area contributed by atoms with E-state index in [2.05, 4.69) is 15.3 Å². The molecule has 0 spiro atoms. The third-order valence-corrected chi connectivity index (χ3v) is 5.02. The van der Waals surface area contributed by atoms with Crippen LogP contribution in [0.15, 0.2) is 73.2 Å². The van der Waals surface area contributed by atoms with Crippen molar-refractivity contribution in [3.05, 3.63) is 83.6 Å². The molecule has 5 heteroatoms. The van der Waals surface area contributed by atoms with Crippen molar-refractivity contribution in [1.29, 1.82) is 0 Å². The van der Waals surface area contributed by atoms with Crippen molar-refractivity contribution in [2.45, 2.75) is 6.54 Å². The van der Waals surface area contributed by atoms with Gasteiger partial charge >= 0.3 is 0 Å². The summed E-state index contributed by atoms with van der Waals surface area (Å²) < 4.78 is 1.12. The lowest BCUT2D eigenvalue weighted by Crippen LogP contribution is -2.21. The number of thiophene rings is 1. The maximum Gasteiger partial charge on any atom is 0.261 e. The maximum atomic E-state index is 12.4. The summed E-state index contributed by atoms with van der Waals surface area (Å²) in [5, 5.41) is 4.09. The zero-order chi connectivity index (χ0) is 17.1. The maximum absolute atomic E-state index is 12.4. The average molecular weight is 345 g/mol. The predicted molar refractivity (Wildman–Crippen MR) is 100 cm³/mol. The topological polar surface area (TPSA) is 54.9 Å². The third kappa shape index (κ3) is 3.41. The highest BCUT2D eigenvalue weighted by molar-refractivity contribution is 7.20. The van der Waals surface area contributed by atoms with Crippen LogP contribution in [-0.4, -0.2) is 15.9 Å². The van der Waals surface area contributed by atoms with Crippen LogP contribution in [0.1, 0.15) is 15.2 Å². The first-order valence-electron chi connectivity index (χ1n) is 7.92. The molecular weight excluding hydrogens is 330 g/mol. The SMILES string of the molecule is O=C(NCc1cccc(-c2ccncn2)c1)c1cc2ccccc2s1. The van der Waals surface area contributed by atoms with E-state index in [0.29, 0.717) is 6.54 Å². The molecule has 0 saturated carbocycles. The molecule has 4 rings (SSSR count). The van der Waals surface area contributed by atoms with Crippen molar-refractivity contribution < 1.29 is 4.79 Å². The number of amides is 1. The molecule has 0 bridgehead atoms. The minimum Gasteiger partial charge on any atom is -0.347 e. The first-order chi connectivity index (χ1) is 12.3. The molecule has 2 heterocycles. The van der Waals surface area contributed by atoms with E-state index in [1.807, 2.05) is 60.7 Å². The highest BCUT2D eigenvalue weighted by atomic mass is 32.1. The molecule has 1 amide bonds. The van der Waals surface area contributed by atoms with Gasteiger partial charge < -0.3 is 5.32 Å². The van der Waals surface area contributed by atoms with Crippen molar-refractivity contribution in [3.63, 3.8) is 0 Å². The third-order valence-electron chi connectivity index (χ3n) is 3.91. The predicted octanol–water partition coefficient (Wildman–Crippen LogP) is 4.29. The van der Waals surface area contributed by atoms with Crippen molar-refractivity contribution >= 4 is 27.3 Å². The number of benzene rings is 2. The van der Waals surface area contributed by atoms with E-state index >= 15 is 0 Å². The minimum absolute atomic E-state index is 0.0476. The molecular formula is C20H15N3OS. The van der Waals surface area contributed by atoms with E-state index in [9.17, 15) is 4.79 Å². The fourth-order valence-corrected chi connectivity index (χ4v) is 3.64. The number of nitrogens with one attached hydrogen (secondary N) is 1. The summed E-state index contributed by atoms with van der Waals surface area (Å²) >= 11 is 1.51. The first-order valence-corrected chi connectivity index (χ1v) is 8.73. The van der Waals surface area contributed by atoms with Crippen LogP contribution in [0.4, 0.5) is 0 Å². The molecule has 0 saturated heterocycles. The van der Waals surface area contributed by atoms with Crippen molar-refractivity contribution in [2.24, 2.45) is 0 Å². The molecule has 25 heavy (non-hydrogen) atoms. The minimum atomic E-state index is -0.0476. The van der Waals surface area contributed by atoms with Gasteiger partial charge in [0.15, 0.2) is 0 Å². The summed E-state index contributed by atoms with van der Waals surface area (Å²) in [6, 6.07) is 19.8. The van der Waals surface area contributed by atoms with Gasteiger partial charge in [0.05, 0.1) is 10.6 Å². The van der Waals surface area contributed by atoms with E-state index < -0.39 is 0 Å². The van der Waals surface area contributed by atoms with Crippen LogP contribution in [0.25, 0.3) is 21.3 Å². The Morgan fingerprint density at radius 1 is 1.04 bits per heavy atom. The fraction of sp³-hybridized carbons (Fsp3) is 0.0500. The Morgan fingerprint density at radius 3 is 2.80 bits per heavy atom. The quantitative estimate of drug-likeness (QED) is 0.600. The number of hydrogen-bond acceptors (Lipinski definition) is 4. The smallest absolute Gasteiger partial charge is 0.261 e. The number of rotatable bonds is 4. The van der Waals surface area contributed by atoms with Gasteiger partial charge in [-0.2, -0.15) is 0 Å². The summed E-state index contributed by atoms with van der Waals surface area (Å²) in [5.74, 6) is -0.0476. The lowest BCUT2D eigenvalue weighted by Gasteiger charge is -2.06. The summed E-state index contributed by atoms with van der Waals surface area (Å²) in [4.78, 5) is 21.3. The van der Waals surface area contributed by atoms with E-state index in [-0.39, 0.29) is 5.91 Å². The van der Waals surface area contributed by atoms with Crippen LogP contribution in [0.2, 0.25) is 0 Å². The van der Waals surface area contributed by atoms with Crippen molar-refractivity contribution in [1.82, 2.24) is 15.3 Å². The Hall–Kier alpha value is -3.05. The summed E-state index contributed by atoms with van der Waals surface area (Å²) in [6.07, 6.45) is 3.25. The van der Waals surface area contributed by atoms with Crippen molar-refractivity contribution in [3.8, 4) is 11.3 Å². The molecule has 4 aromatic rings. The second-order valence-electron chi connectivity index (χ2n) is 5.63. The fourth-order valence-electron chi connectivity index (χ4n) is 2.67. The van der Waals surface area contributed by atoms with Crippen LogP contribution >= 0.6 is 11.3 Å². The molecule has 0 aliphatic carbocycles. The average Bonchev–Trinajstić information content (AvgIpc) is 3.11. The number of fused-ring (bicyclic) bond motifs is 1. The van der Waals surface area contributed by atoms with Gasteiger partial charge in [-0.3, -0.25) is 4.79 Å². The lowest BCUT2D eigenvalue weighted by atomic mass is 10.1. The highest BCUT2D eigenvalue weighted by Crippen LogP contribution is 2.25. The molecule has 0 atom stereocenters. The number of hydrogen-bond donors (Lipinski definition) is 1. The largest absolute Gasteiger partial charge is 0.347 e. The van der Waals surface area contributed by atoms with Crippen LogP contribution in [0, 0.1) is 0 Å². The van der Waals surface area contributed by atoms with Gasteiger partial charge in [0, 0.05) is 23.0 Å². The van der Waals surface area contributed by atoms with Gasteiger partial charge in [0.25, 0.3) is 5.91 Å². The van der Waals surface area contributed by atoms with E-state index in [1.54, 1.807) is 6.20 Å². The Balaban J connectivity index is 1.48.